The Balaban J connectivity index is 1.35. The van der Waals surface area contributed by atoms with Crippen LogP contribution in [0, 0.1) is 0 Å². The van der Waals surface area contributed by atoms with Crippen LogP contribution in [0.4, 0.5) is 5.69 Å². The van der Waals surface area contributed by atoms with Crippen LogP contribution in [-0.4, -0.2) is 67.5 Å². The van der Waals surface area contributed by atoms with Crippen molar-refractivity contribution in [2.75, 3.05) is 38.2 Å². The van der Waals surface area contributed by atoms with Gasteiger partial charge in [-0.05, 0) is 36.4 Å². The summed E-state index contributed by atoms with van der Waals surface area (Å²) in [6.07, 6.45) is 4.07. The first-order chi connectivity index (χ1) is 16.8. The molecule has 35 heavy (non-hydrogen) atoms. The molecule has 1 saturated heterocycles. The molecule has 2 aromatic carbocycles. The fourth-order valence-corrected chi connectivity index (χ4v) is 4.87. The lowest BCUT2D eigenvalue weighted by Crippen LogP contribution is -2.40. The number of esters is 1. The summed E-state index contributed by atoms with van der Waals surface area (Å²) < 4.78 is 37.1. The maximum Gasteiger partial charge on any atom is 0.331 e. The van der Waals surface area contributed by atoms with Crippen LogP contribution in [0.15, 0.2) is 59.6 Å². The number of hydrogen-bond donors (Lipinski definition) is 1. The van der Waals surface area contributed by atoms with Crippen molar-refractivity contribution in [1.29, 1.82) is 0 Å². The van der Waals surface area contributed by atoms with Gasteiger partial charge in [0.2, 0.25) is 10.0 Å². The fraction of sp³-hybridized carbons (Fsp3) is 0.217. The lowest BCUT2D eigenvalue weighted by Gasteiger charge is -2.26. The number of morpholine rings is 1. The minimum atomic E-state index is -3.77. The highest BCUT2D eigenvalue weighted by Crippen LogP contribution is 2.27. The van der Waals surface area contributed by atoms with Gasteiger partial charge in [-0.3, -0.25) is 9.78 Å². The van der Waals surface area contributed by atoms with Crippen LogP contribution in [0.25, 0.3) is 17.1 Å². The zero-order chi connectivity index (χ0) is 24.8. The van der Waals surface area contributed by atoms with Crippen molar-refractivity contribution in [3.8, 4) is 0 Å². The summed E-state index contributed by atoms with van der Waals surface area (Å²) >= 11 is 6.12. The fourth-order valence-electron chi connectivity index (χ4n) is 3.27. The Morgan fingerprint density at radius 2 is 1.89 bits per heavy atom. The average Bonchev–Trinajstić information content (AvgIpc) is 2.87. The first kappa shape index (κ1) is 24.7. The summed E-state index contributed by atoms with van der Waals surface area (Å²) in [7, 11) is -3.77. The number of halogens is 1. The average molecular weight is 517 g/mol. The highest BCUT2D eigenvalue weighted by molar-refractivity contribution is 7.89. The summed E-state index contributed by atoms with van der Waals surface area (Å²) in [5.41, 5.74) is 1.95. The molecule has 0 atom stereocenters. The van der Waals surface area contributed by atoms with Crippen molar-refractivity contribution in [1.82, 2.24) is 14.3 Å². The second-order valence-electron chi connectivity index (χ2n) is 7.43. The summed E-state index contributed by atoms with van der Waals surface area (Å²) in [6, 6.07) is 11.3. The Kier molecular flexibility index (Phi) is 7.71. The predicted molar refractivity (Wildman–Crippen MR) is 129 cm³/mol. The lowest BCUT2D eigenvalue weighted by molar-refractivity contribution is -0.142. The largest absolute Gasteiger partial charge is 0.452 e. The Labute approximate surface area is 206 Å². The van der Waals surface area contributed by atoms with E-state index in [9.17, 15) is 18.0 Å². The molecule has 0 saturated carbocycles. The number of nitrogens with zero attached hydrogens (tertiary/aromatic N) is 3. The minimum Gasteiger partial charge on any atom is -0.452 e. The number of carbonyl (C=O) groups is 2. The summed E-state index contributed by atoms with van der Waals surface area (Å²) in [6.45, 7) is 0.499. The van der Waals surface area contributed by atoms with Crippen LogP contribution in [0.5, 0.6) is 0 Å². The standard InChI is InChI=1S/C23H21ClN4O6S/c24-18-7-6-17(35(31,32)28-9-11-33-12-10-28)13-21(18)27-22(29)15-34-23(30)8-5-16-14-25-19-3-1-2-4-20(19)26-16/h1-8,13-14H,9-12,15H2,(H,27,29). The Bertz CT molecular complexity index is 1390. The molecule has 1 aliphatic heterocycles. The molecule has 0 spiro atoms. The zero-order valence-electron chi connectivity index (χ0n) is 18.4. The monoisotopic (exact) mass is 516 g/mol. The number of nitrogens with one attached hydrogen (secondary N) is 1. The highest BCUT2D eigenvalue weighted by atomic mass is 35.5. The molecular formula is C23H21ClN4O6S. The van der Waals surface area contributed by atoms with Gasteiger partial charge in [-0.2, -0.15) is 4.31 Å². The van der Waals surface area contributed by atoms with E-state index in [0.29, 0.717) is 24.4 Å². The number of para-hydroxylation sites is 2. The Morgan fingerprint density at radius 1 is 1.14 bits per heavy atom. The SMILES string of the molecule is O=C(COC(=O)C=Cc1cnc2ccccc2n1)Nc1cc(S(=O)(=O)N2CCOCC2)ccc1Cl. The maximum atomic E-state index is 12.8. The minimum absolute atomic E-state index is 0.0180. The van der Waals surface area contributed by atoms with Gasteiger partial charge in [0.1, 0.15) is 0 Å². The molecule has 12 heteroatoms. The van der Waals surface area contributed by atoms with Crippen molar-refractivity contribution in [2.24, 2.45) is 0 Å². The second kappa shape index (κ2) is 10.9. The second-order valence-corrected chi connectivity index (χ2v) is 9.78. The molecule has 1 N–H and O–H groups in total. The molecule has 0 bridgehead atoms. The van der Waals surface area contributed by atoms with Gasteiger partial charge in [-0.15, -0.1) is 0 Å². The van der Waals surface area contributed by atoms with Crippen LogP contribution in [0.2, 0.25) is 5.02 Å². The summed E-state index contributed by atoms with van der Waals surface area (Å²) in [5.74, 6) is -1.44. The molecule has 0 aliphatic carbocycles. The van der Waals surface area contributed by atoms with E-state index in [1.807, 2.05) is 18.2 Å². The van der Waals surface area contributed by atoms with E-state index in [2.05, 4.69) is 15.3 Å². The first-order valence-electron chi connectivity index (χ1n) is 10.6. The lowest BCUT2D eigenvalue weighted by atomic mass is 10.3. The van der Waals surface area contributed by atoms with E-state index in [1.165, 1.54) is 34.8 Å². The number of anilines is 1. The van der Waals surface area contributed by atoms with Crippen molar-refractivity contribution in [3.63, 3.8) is 0 Å². The van der Waals surface area contributed by atoms with Crippen LogP contribution in [-0.2, 0) is 29.1 Å². The number of aromatic nitrogens is 2. The molecule has 4 rings (SSSR count). The highest BCUT2D eigenvalue weighted by Gasteiger charge is 2.27. The third-order valence-corrected chi connectivity index (χ3v) is 7.25. The van der Waals surface area contributed by atoms with E-state index in [4.69, 9.17) is 21.1 Å². The number of benzene rings is 2. The topological polar surface area (TPSA) is 128 Å². The third kappa shape index (κ3) is 6.20. The number of hydrogen-bond acceptors (Lipinski definition) is 8. The molecule has 1 fully saturated rings. The normalized spacial score (nSPS) is 14.8. The van der Waals surface area contributed by atoms with Gasteiger partial charge in [-0.25, -0.2) is 18.2 Å². The molecule has 2 heterocycles. The van der Waals surface area contributed by atoms with Gasteiger partial charge in [-0.1, -0.05) is 23.7 Å². The molecule has 0 unspecified atom stereocenters. The molecule has 182 valence electrons. The van der Waals surface area contributed by atoms with Crippen LogP contribution in [0.3, 0.4) is 0 Å². The van der Waals surface area contributed by atoms with Gasteiger partial charge in [0.25, 0.3) is 5.91 Å². The van der Waals surface area contributed by atoms with Crippen LogP contribution in [0.1, 0.15) is 5.69 Å². The van der Waals surface area contributed by atoms with Gasteiger partial charge in [0.05, 0.1) is 51.7 Å². The first-order valence-corrected chi connectivity index (χ1v) is 12.4. The molecule has 0 radical (unpaired) electrons. The molecule has 3 aromatic rings. The number of rotatable bonds is 7. The number of amides is 1. The molecular weight excluding hydrogens is 496 g/mol. The van der Waals surface area contributed by atoms with Gasteiger partial charge in [0.15, 0.2) is 6.61 Å². The van der Waals surface area contributed by atoms with Crippen LogP contribution >= 0.6 is 11.6 Å². The van der Waals surface area contributed by atoms with Gasteiger partial charge < -0.3 is 14.8 Å². The quantitative estimate of drug-likeness (QED) is 0.375. The number of sulfonamides is 1. The maximum absolute atomic E-state index is 12.8. The molecule has 1 amide bonds. The van der Waals surface area contributed by atoms with E-state index < -0.39 is 28.5 Å². The Morgan fingerprint density at radius 3 is 2.66 bits per heavy atom. The van der Waals surface area contributed by atoms with Crippen molar-refractivity contribution < 1.29 is 27.5 Å². The number of ether oxygens (including phenoxy) is 2. The van der Waals surface area contributed by atoms with E-state index in [0.717, 1.165) is 11.6 Å². The summed E-state index contributed by atoms with van der Waals surface area (Å²) in [4.78, 5) is 32.9. The smallest absolute Gasteiger partial charge is 0.331 e. The number of carbonyl (C=O) groups excluding carboxylic acids is 2. The van der Waals surface area contributed by atoms with E-state index >= 15 is 0 Å². The third-order valence-electron chi connectivity index (χ3n) is 5.02. The van der Waals surface area contributed by atoms with Crippen LogP contribution < -0.4 is 5.32 Å². The molecule has 10 nitrogen and oxygen atoms in total. The summed E-state index contributed by atoms with van der Waals surface area (Å²) in [5, 5.41) is 2.61. The van der Waals surface area contributed by atoms with Crippen molar-refractivity contribution >= 4 is 56.3 Å². The number of fused-ring (bicyclic) bond motifs is 1. The van der Waals surface area contributed by atoms with Gasteiger partial charge in [0, 0.05) is 19.2 Å². The van der Waals surface area contributed by atoms with Crippen molar-refractivity contribution in [3.05, 3.63) is 65.5 Å². The van der Waals surface area contributed by atoms with E-state index in [-0.39, 0.29) is 28.7 Å². The Hall–Kier alpha value is -3.38. The van der Waals surface area contributed by atoms with Crippen molar-refractivity contribution in [2.45, 2.75) is 4.90 Å². The van der Waals surface area contributed by atoms with Gasteiger partial charge >= 0.3 is 5.97 Å². The molecule has 1 aliphatic rings. The van der Waals surface area contributed by atoms with E-state index in [1.54, 1.807) is 6.07 Å². The predicted octanol–water partition coefficient (Wildman–Crippen LogP) is 2.50. The molecule has 1 aromatic heterocycles. The zero-order valence-corrected chi connectivity index (χ0v) is 20.0.